The van der Waals surface area contributed by atoms with E-state index in [-0.39, 0.29) is 0 Å². The second kappa shape index (κ2) is 5.87. The summed E-state index contributed by atoms with van der Waals surface area (Å²) in [6, 6.07) is 16.9. The second-order valence-electron chi connectivity index (χ2n) is 5.07. The lowest BCUT2D eigenvalue weighted by molar-refractivity contribution is 0.414. The third-order valence-electron chi connectivity index (χ3n) is 3.70. The van der Waals surface area contributed by atoms with Crippen molar-refractivity contribution < 1.29 is 4.74 Å². The number of benzene rings is 2. The van der Waals surface area contributed by atoms with Gasteiger partial charge in [-0.3, -0.25) is 0 Å². The van der Waals surface area contributed by atoms with Crippen molar-refractivity contribution in [2.75, 3.05) is 30.4 Å². The highest BCUT2D eigenvalue weighted by atomic mass is 16.5. The Labute approximate surface area is 120 Å². The van der Waals surface area contributed by atoms with Crippen LogP contribution in [0.3, 0.4) is 0 Å². The minimum absolute atomic E-state index is 0.909. The molecule has 0 saturated heterocycles. The topological polar surface area (TPSA) is 24.5 Å². The minimum Gasteiger partial charge on any atom is -0.497 e. The summed E-state index contributed by atoms with van der Waals surface area (Å²) in [5.74, 6) is 0.909. The molecule has 0 atom stereocenters. The number of ether oxygens (including phenoxy) is 1. The third-order valence-corrected chi connectivity index (χ3v) is 3.70. The SMILES string of the molecule is COc1ccc(CN2CCCNc3ccccc32)cc1. The highest BCUT2D eigenvalue weighted by Crippen LogP contribution is 2.29. The molecule has 2 aromatic rings. The summed E-state index contributed by atoms with van der Waals surface area (Å²) in [6.07, 6.45) is 1.16. The summed E-state index contributed by atoms with van der Waals surface area (Å²) < 4.78 is 5.21. The fraction of sp³-hybridized carbons (Fsp3) is 0.294. The lowest BCUT2D eigenvalue weighted by Crippen LogP contribution is -2.23. The molecule has 0 unspecified atom stereocenters. The Morgan fingerprint density at radius 3 is 2.70 bits per heavy atom. The molecule has 0 aliphatic carbocycles. The Morgan fingerprint density at radius 1 is 1.10 bits per heavy atom. The van der Waals surface area contributed by atoms with Gasteiger partial charge in [0, 0.05) is 19.6 Å². The van der Waals surface area contributed by atoms with Crippen molar-refractivity contribution in [3.8, 4) is 5.75 Å². The van der Waals surface area contributed by atoms with E-state index < -0.39 is 0 Å². The predicted octanol–water partition coefficient (Wildman–Crippen LogP) is 3.52. The number of para-hydroxylation sites is 2. The van der Waals surface area contributed by atoms with Crippen LogP contribution in [-0.2, 0) is 6.54 Å². The number of hydrogen-bond acceptors (Lipinski definition) is 3. The standard InChI is InChI=1S/C17H20N2O/c1-20-15-9-7-14(8-10-15)13-19-12-4-11-18-16-5-2-3-6-17(16)19/h2-3,5-10,18H,4,11-13H2,1H3. The molecule has 0 fully saturated rings. The van der Waals surface area contributed by atoms with Gasteiger partial charge in [-0.25, -0.2) is 0 Å². The molecule has 20 heavy (non-hydrogen) atoms. The maximum absolute atomic E-state index is 5.21. The summed E-state index contributed by atoms with van der Waals surface area (Å²) in [5, 5.41) is 3.50. The first-order valence-electron chi connectivity index (χ1n) is 7.07. The number of methoxy groups -OCH3 is 1. The first kappa shape index (κ1) is 12.9. The maximum atomic E-state index is 5.21. The van der Waals surface area contributed by atoms with Crippen molar-refractivity contribution in [2.24, 2.45) is 0 Å². The zero-order valence-electron chi connectivity index (χ0n) is 11.8. The normalized spacial score (nSPS) is 14.2. The van der Waals surface area contributed by atoms with E-state index in [9.17, 15) is 0 Å². The van der Waals surface area contributed by atoms with Crippen LogP contribution in [0, 0.1) is 0 Å². The largest absolute Gasteiger partial charge is 0.497 e. The van der Waals surface area contributed by atoms with Gasteiger partial charge in [0.25, 0.3) is 0 Å². The molecule has 1 aliphatic rings. The number of rotatable bonds is 3. The van der Waals surface area contributed by atoms with E-state index >= 15 is 0 Å². The molecule has 0 bridgehead atoms. The van der Waals surface area contributed by atoms with Gasteiger partial charge >= 0.3 is 0 Å². The van der Waals surface area contributed by atoms with Gasteiger partial charge in [-0.1, -0.05) is 24.3 Å². The fourth-order valence-electron chi connectivity index (χ4n) is 2.63. The molecule has 1 heterocycles. The summed E-state index contributed by atoms with van der Waals surface area (Å²) >= 11 is 0. The van der Waals surface area contributed by atoms with Crippen LogP contribution < -0.4 is 15.0 Å². The highest BCUT2D eigenvalue weighted by Gasteiger charge is 2.14. The zero-order chi connectivity index (χ0) is 13.8. The molecule has 0 amide bonds. The van der Waals surface area contributed by atoms with Crippen molar-refractivity contribution >= 4 is 11.4 Å². The second-order valence-corrected chi connectivity index (χ2v) is 5.07. The van der Waals surface area contributed by atoms with Gasteiger partial charge in [0.1, 0.15) is 5.75 Å². The van der Waals surface area contributed by atoms with Crippen LogP contribution in [0.25, 0.3) is 0 Å². The van der Waals surface area contributed by atoms with E-state index in [0.29, 0.717) is 0 Å². The van der Waals surface area contributed by atoms with Crippen molar-refractivity contribution in [2.45, 2.75) is 13.0 Å². The quantitative estimate of drug-likeness (QED) is 0.921. The first-order valence-corrected chi connectivity index (χ1v) is 7.07. The van der Waals surface area contributed by atoms with Gasteiger partial charge in [0.05, 0.1) is 18.5 Å². The lowest BCUT2D eigenvalue weighted by atomic mass is 10.1. The van der Waals surface area contributed by atoms with Crippen molar-refractivity contribution in [3.05, 3.63) is 54.1 Å². The average Bonchev–Trinajstić information content (AvgIpc) is 2.71. The van der Waals surface area contributed by atoms with Gasteiger partial charge in [0.2, 0.25) is 0 Å². The number of nitrogens with zero attached hydrogens (tertiary/aromatic N) is 1. The van der Waals surface area contributed by atoms with Gasteiger partial charge in [0.15, 0.2) is 0 Å². The number of hydrogen-bond donors (Lipinski definition) is 1. The van der Waals surface area contributed by atoms with Crippen LogP contribution in [0.4, 0.5) is 11.4 Å². The van der Waals surface area contributed by atoms with E-state index in [1.807, 2.05) is 12.1 Å². The minimum atomic E-state index is 0.909. The van der Waals surface area contributed by atoms with Crippen molar-refractivity contribution in [1.82, 2.24) is 0 Å². The molecule has 104 valence electrons. The van der Waals surface area contributed by atoms with Gasteiger partial charge < -0.3 is 15.0 Å². The Hall–Kier alpha value is -2.16. The van der Waals surface area contributed by atoms with E-state index in [1.54, 1.807) is 7.11 Å². The van der Waals surface area contributed by atoms with Crippen LogP contribution >= 0.6 is 0 Å². The van der Waals surface area contributed by atoms with E-state index in [1.165, 1.54) is 16.9 Å². The lowest BCUT2D eigenvalue weighted by Gasteiger charge is -2.24. The Balaban J connectivity index is 1.82. The van der Waals surface area contributed by atoms with Gasteiger partial charge in [-0.15, -0.1) is 0 Å². The molecular weight excluding hydrogens is 248 g/mol. The third kappa shape index (κ3) is 2.72. The van der Waals surface area contributed by atoms with Gasteiger partial charge in [-0.2, -0.15) is 0 Å². The summed E-state index contributed by atoms with van der Waals surface area (Å²) in [7, 11) is 1.70. The molecule has 2 aromatic carbocycles. The molecular formula is C17H20N2O. The van der Waals surface area contributed by atoms with Crippen LogP contribution in [0.15, 0.2) is 48.5 Å². The Morgan fingerprint density at radius 2 is 1.90 bits per heavy atom. The number of nitrogens with one attached hydrogen (secondary N) is 1. The summed E-state index contributed by atoms with van der Waals surface area (Å²) in [4.78, 5) is 2.44. The van der Waals surface area contributed by atoms with Crippen LogP contribution in [0.1, 0.15) is 12.0 Å². The van der Waals surface area contributed by atoms with Crippen LogP contribution in [0.2, 0.25) is 0 Å². The van der Waals surface area contributed by atoms with Crippen molar-refractivity contribution in [3.63, 3.8) is 0 Å². The number of anilines is 2. The smallest absolute Gasteiger partial charge is 0.118 e. The zero-order valence-corrected chi connectivity index (χ0v) is 11.8. The first-order chi connectivity index (χ1) is 9.86. The Kier molecular flexibility index (Phi) is 3.77. The van der Waals surface area contributed by atoms with E-state index in [4.69, 9.17) is 4.74 Å². The predicted molar refractivity (Wildman–Crippen MR) is 83.6 cm³/mol. The molecule has 0 spiro atoms. The molecule has 1 N–H and O–H groups in total. The Bertz CT molecular complexity index is 565. The summed E-state index contributed by atoms with van der Waals surface area (Å²) in [6.45, 7) is 3.05. The molecule has 3 heteroatoms. The fourth-order valence-corrected chi connectivity index (χ4v) is 2.63. The maximum Gasteiger partial charge on any atom is 0.118 e. The van der Waals surface area contributed by atoms with Gasteiger partial charge in [-0.05, 0) is 36.2 Å². The molecule has 3 nitrogen and oxygen atoms in total. The molecule has 0 saturated carbocycles. The molecule has 3 rings (SSSR count). The molecule has 0 aromatic heterocycles. The monoisotopic (exact) mass is 268 g/mol. The number of fused-ring (bicyclic) bond motifs is 1. The average molecular weight is 268 g/mol. The van der Waals surface area contributed by atoms with Crippen LogP contribution in [0.5, 0.6) is 5.75 Å². The van der Waals surface area contributed by atoms with Crippen molar-refractivity contribution in [1.29, 1.82) is 0 Å². The van der Waals surface area contributed by atoms with E-state index in [2.05, 4.69) is 46.6 Å². The summed E-state index contributed by atoms with van der Waals surface area (Å²) in [5.41, 5.74) is 3.84. The molecule has 1 aliphatic heterocycles. The van der Waals surface area contributed by atoms with E-state index in [0.717, 1.165) is 31.8 Å². The van der Waals surface area contributed by atoms with Crippen LogP contribution in [-0.4, -0.2) is 20.2 Å². The highest BCUT2D eigenvalue weighted by molar-refractivity contribution is 5.70. The molecule has 0 radical (unpaired) electrons.